The van der Waals surface area contributed by atoms with Gasteiger partial charge in [0.1, 0.15) is 11.6 Å². The highest BCUT2D eigenvalue weighted by molar-refractivity contribution is 5.34. The van der Waals surface area contributed by atoms with Crippen LogP contribution < -0.4 is 4.74 Å². The third kappa shape index (κ3) is 2.48. The number of benzene rings is 1. The Hall–Kier alpha value is -1.09. The first-order valence-electron chi connectivity index (χ1n) is 5.09. The normalized spacial score (nSPS) is 23.9. The molecule has 2 nitrogen and oxygen atoms in total. The van der Waals surface area contributed by atoms with Crippen LogP contribution in [-0.2, 0) is 11.2 Å². The van der Waals surface area contributed by atoms with Gasteiger partial charge in [-0.3, -0.25) is 0 Å². The molecule has 1 heterocycles. The third-order valence-electron chi connectivity index (χ3n) is 2.80. The van der Waals surface area contributed by atoms with Crippen LogP contribution in [0.1, 0.15) is 18.9 Å². The monoisotopic (exact) mass is 210 g/mol. The van der Waals surface area contributed by atoms with Gasteiger partial charge in [0.2, 0.25) is 0 Å². The largest absolute Gasteiger partial charge is 0.496 e. The van der Waals surface area contributed by atoms with E-state index in [2.05, 4.69) is 6.92 Å². The molecule has 0 amide bonds. The van der Waals surface area contributed by atoms with Gasteiger partial charge in [-0.2, -0.15) is 0 Å². The topological polar surface area (TPSA) is 21.8 Å². The highest BCUT2D eigenvalue weighted by Gasteiger charge is 2.38. The number of hydrogen-bond acceptors (Lipinski definition) is 2. The molecule has 0 spiro atoms. The summed E-state index contributed by atoms with van der Waals surface area (Å²) in [6.07, 6.45) is 1.70. The number of aryl methyl sites for hydroxylation is 1. The zero-order valence-corrected chi connectivity index (χ0v) is 9.05. The Labute approximate surface area is 89.0 Å². The minimum atomic E-state index is -0.215. The molecule has 1 aliphatic heterocycles. The molecule has 0 aliphatic carbocycles. The summed E-state index contributed by atoms with van der Waals surface area (Å²) in [6, 6.07) is 4.61. The van der Waals surface area contributed by atoms with Crippen molar-refractivity contribution in [3.05, 3.63) is 29.6 Å². The van der Waals surface area contributed by atoms with Crippen molar-refractivity contribution < 1.29 is 13.9 Å². The summed E-state index contributed by atoms with van der Waals surface area (Å²) < 4.78 is 23.5. The first kappa shape index (κ1) is 10.4. The van der Waals surface area contributed by atoms with Crippen LogP contribution in [0, 0.1) is 5.82 Å². The molecule has 0 radical (unpaired) electrons. The molecule has 0 saturated carbocycles. The van der Waals surface area contributed by atoms with Gasteiger partial charge in [0.25, 0.3) is 0 Å². The Morgan fingerprint density at radius 1 is 1.53 bits per heavy atom. The van der Waals surface area contributed by atoms with Gasteiger partial charge in [0, 0.05) is 0 Å². The second-order valence-corrected chi connectivity index (χ2v) is 4.19. The summed E-state index contributed by atoms with van der Waals surface area (Å²) in [5.74, 6) is 0.535. The molecule has 0 bridgehead atoms. The van der Waals surface area contributed by atoms with Crippen LogP contribution in [0.4, 0.5) is 4.39 Å². The molecule has 82 valence electrons. The molecule has 1 aliphatic rings. The molecule has 1 saturated heterocycles. The Kier molecular flexibility index (Phi) is 2.65. The van der Waals surface area contributed by atoms with Gasteiger partial charge in [0.05, 0.1) is 19.3 Å². The number of halogens is 1. The van der Waals surface area contributed by atoms with E-state index in [9.17, 15) is 4.39 Å². The van der Waals surface area contributed by atoms with E-state index in [1.165, 1.54) is 12.1 Å². The van der Waals surface area contributed by atoms with E-state index in [1.54, 1.807) is 13.2 Å². The van der Waals surface area contributed by atoms with Crippen molar-refractivity contribution in [1.82, 2.24) is 0 Å². The van der Waals surface area contributed by atoms with Gasteiger partial charge in [-0.1, -0.05) is 0 Å². The Bertz CT molecular complexity index is 359. The van der Waals surface area contributed by atoms with Crippen LogP contribution in [0.15, 0.2) is 18.2 Å². The SMILES string of the molecule is COc1ccc(F)cc1CCC1(C)CO1. The van der Waals surface area contributed by atoms with E-state index in [-0.39, 0.29) is 11.4 Å². The quantitative estimate of drug-likeness (QED) is 0.712. The fourth-order valence-electron chi connectivity index (χ4n) is 1.61. The molecule has 1 aromatic rings. The second kappa shape index (κ2) is 3.81. The fourth-order valence-corrected chi connectivity index (χ4v) is 1.61. The molecule has 1 aromatic carbocycles. The number of ether oxygens (including phenoxy) is 2. The third-order valence-corrected chi connectivity index (χ3v) is 2.80. The Morgan fingerprint density at radius 2 is 2.27 bits per heavy atom. The standard InChI is InChI=1S/C12H15FO2/c1-12(8-15-12)6-5-9-7-10(13)3-4-11(9)14-2/h3-4,7H,5-6,8H2,1-2H3. The minimum absolute atomic E-state index is 0.0112. The maximum absolute atomic E-state index is 13.0. The molecule has 0 aromatic heterocycles. The fraction of sp³-hybridized carbons (Fsp3) is 0.500. The van der Waals surface area contributed by atoms with Crippen molar-refractivity contribution in [1.29, 1.82) is 0 Å². The predicted molar refractivity (Wildman–Crippen MR) is 55.6 cm³/mol. The van der Waals surface area contributed by atoms with Crippen molar-refractivity contribution in [2.45, 2.75) is 25.4 Å². The van der Waals surface area contributed by atoms with Crippen LogP contribution in [0.5, 0.6) is 5.75 Å². The minimum Gasteiger partial charge on any atom is -0.496 e. The molecule has 1 unspecified atom stereocenters. The summed E-state index contributed by atoms with van der Waals surface area (Å²) in [4.78, 5) is 0. The second-order valence-electron chi connectivity index (χ2n) is 4.19. The van der Waals surface area contributed by atoms with Crippen LogP contribution >= 0.6 is 0 Å². The van der Waals surface area contributed by atoms with E-state index >= 15 is 0 Å². The first-order valence-corrected chi connectivity index (χ1v) is 5.09. The summed E-state index contributed by atoms with van der Waals surface area (Å²) >= 11 is 0. The molecule has 2 rings (SSSR count). The number of rotatable bonds is 4. The molecule has 1 fully saturated rings. The molecular formula is C12H15FO2. The predicted octanol–water partition coefficient (Wildman–Crippen LogP) is 2.56. The lowest BCUT2D eigenvalue weighted by atomic mass is 10.0. The number of hydrogen-bond donors (Lipinski definition) is 0. The van der Waals surface area contributed by atoms with Gasteiger partial charge < -0.3 is 9.47 Å². The van der Waals surface area contributed by atoms with Crippen molar-refractivity contribution in [2.24, 2.45) is 0 Å². The van der Waals surface area contributed by atoms with Gasteiger partial charge in [-0.25, -0.2) is 4.39 Å². The molecule has 3 heteroatoms. The van der Waals surface area contributed by atoms with Gasteiger partial charge >= 0.3 is 0 Å². The van der Waals surface area contributed by atoms with Crippen LogP contribution in [0.3, 0.4) is 0 Å². The Morgan fingerprint density at radius 3 is 2.87 bits per heavy atom. The number of methoxy groups -OCH3 is 1. The van der Waals surface area contributed by atoms with Crippen molar-refractivity contribution in [3.63, 3.8) is 0 Å². The summed E-state index contributed by atoms with van der Waals surface area (Å²) in [6.45, 7) is 2.88. The molecule has 1 atom stereocenters. The summed E-state index contributed by atoms with van der Waals surface area (Å²) in [7, 11) is 1.60. The molecule has 0 N–H and O–H groups in total. The van der Waals surface area contributed by atoms with Gasteiger partial charge in [0.15, 0.2) is 0 Å². The lowest BCUT2D eigenvalue weighted by molar-refractivity contribution is 0.307. The van der Waals surface area contributed by atoms with Gasteiger partial charge in [-0.15, -0.1) is 0 Å². The lowest BCUT2D eigenvalue weighted by Crippen LogP contribution is -2.06. The summed E-state index contributed by atoms with van der Waals surface area (Å²) in [5, 5.41) is 0. The molecule has 15 heavy (non-hydrogen) atoms. The van der Waals surface area contributed by atoms with Crippen molar-refractivity contribution in [3.8, 4) is 5.75 Å². The van der Waals surface area contributed by atoms with E-state index < -0.39 is 0 Å². The zero-order valence-electron chi connectivity index (χ0n) is 9.05. The van der Waals surface area contributed by atoms with Crippen LogP contribution in [0.2, 0.25) is 0 Å². The van der Waals surface area contributed by atoms with E-state index in [4.69, 9.17) is 9.47 Å². The first-order chi connectivity index (χ1) is 7.13. The van der Waals surface area contributed by atoms with Crippen molar-refractivity contribution >= 4 is 0 Å². The average Bonchev–Trinajstić information content (AvgIpc) is 2.95. The van der Waals surface area contributed by atoms with Crippen LogP contribution in [0.25, 0.3) is 0 Å². The zero-order chi connectivity index (χ0) is 10.9. The maximum Gasteiger partial charge on any atom is 0.123 e. The molecular weight excluding hydrogens is 195 g/mol. The Balaban J connectivity index is 2.08. The van der Waals surface area contributed by atoms with Crippen LogP contribution in [-0.4, -0.2) is 19.3 Å². The number of epoxide rings is 1. The van der Waals surface area contributed by atoms with Gasteiger partial charge in [-0.05, 0) is 43.5 Å². The smallest absolute Gasteiger partial charge is 0.123 e. The van der Waals surface area contributed by atoms with E-state index in [1.807, 2.05) is 0 Å². The average molecular weight is 210 g/mol. The maximum atomic E-state index is 13.0. The van der Waals surface area contributed by atoms with E-state index in [0.29, 0.717) is 0 Å². The highest BCUT2D eigenvalue weighted by atomic mass is 19.1. The highest BCUT2D eigenvalue weighted by Crippen LogP contribution is 2.32. The van der Waals surface area contributed by atoms with E-state index in [0.717, 1.165) is 30.8 Å². The summed E-state index contributed by atoms with van der Waals surface area (Å²) in [5.41, 5.74) is 0.923. The lowest BCUT2D eigenvalue weighted by Gasteiger charge is -2.09. The van der Waals surface area contributed by atoms with Crippen molar-refractivity contribution in [2.75, 3.05) is 13.7 Å².